The first kappa shape index (κ1) is 10.0. The van der Waals surface area contributed by atoms with Crippen LogP contribution in [0.3, 0.4) is 0 Å². The van der Waals surface area contributed by atoms with E-state index in [9.17, 15) is 4.79 Å². The Morgan fingerprint density at radius 2 is 2.21 bits per heavy atom. The Bertz CT molecular complexity index is 356. The van der Waals surface area contributed by atoms with Gasteiger partial charge in [0.1, 0.15) is 0 Å². The van der Waals surface area contributed by atoms with Crippen molar-refractivity contribution >= 4 is 29.3 Å². The van der Waals surface area contributed by atoms with Crippen molar-refractivity contribution in [1.82, 2.24) is 4.31 Å². The van der Waals surface area contributed by atoms with Gasteiger partial charge in [-0.05, 0) is 18.0 Å². The molecule has 74 valence electrons. The number of Topliss-reactive ketones (excluding diaryl/α,β-unsaturated/α-hetero) is 1. The highest BCUT2D eigenvalue weighted by atomic mass is 35.5. The summed E-state index contributed by atoms with van der Waals surface area (Å²) in [6, 6.07) is 7.69. The number of alkyl halides is 1. The van der Waals surface area contributed by atoms with Gasteiger partial charge in [-0.15, -0.1) is 11.6 Å². The molecule has 0 aromatic heterocycles. The minimum atomic E-state index is 0.185. The maximum Gasteiger partial charge on any atom is 0.178 e. The van der Waals surface area contributed by atoms with Crippen LogP contribution in [0.25, 0.3) is 0 Å². The second-order valence-electron chi connectivity index (χ2n) is 3.06. The molecule has 0 fully saturated rings. The van der Waals surface area contributed by atoms with E-state index >= 15 is 0 Å². The van der Waals surface area contributed by atoms with Gasteiger partial charge in [0, 0.05) is 22.9 Å². The summed E-state index contributed by atoms with van der Waals surface area (Å²) in [6.45, 7) is 1.21. The van der Waals surface area contributed by atoms with Gasteiger partial charge in [-0.2, -0.15) is 0 Å². The van der Waals surface area contributed by atoms with E-state index in [4.69, 9.17) is 11.6 Å². The van der Waals surface area contributed by atoms with Gasteiger partial charge in [0.25, 0.3) is 0 Å². The quantitative estimate of drug-likeness (QED) is 0.572. The van der Waals surface area contributed by atoms with Gasteiger partial charge in [0.15, 0.2) is 5.78 Å². The zero-order valence-corrected chi connectivity index (χ0v) is 9.14. The Morgan fingerprint density at radius 1 is 1.43 bits per heavy atom. The fourth-order valence-corrected chi connectivity index (χ4v) is 2.78. The van der Waals surface area contributed by atoms with Crippen molar-refractivity contribution < 1.29 is 4.79 Å². The van der Waals surface area contributed by atoms with Crippen molar-refractivity contribution in [2.45, 2.75) is 4.90 Å². The Hall–Kier alpha value is -0.510. The van der Waals surface area contributed by atoms with E-state index in [1.165, 1.54) is 0 Å². The third-order valence-corrected chi connectivity index (χ3v) is 3.36. The molecule has 2 rings (SSSR count). The topological polar surface area (TPSA) is 20.3 Å². The highest BCUT2D eigenvalue weighted by Gasteiger charge is 2.22. The van der Waals surface area contributed by atoms with Crippen LogP contribution in [0.15, 0.2) is 29.2 Å². The molecular formula is C10H10ClNOS. The van der Waals surface area contributed by atoms with Crippen molar-refractivity contribution in [3.63, 3.8) is 0 Å². The number of hydrogen-bond acceptors (Lipinski definition) is 3. The third kappa shape index (κ3) is 1.95. The first-order chi connectivity index (χ1) is 6.81. The number of carbonyl (C=O) groups is 1. The van der Waals surface area contributed by atoms with E-state index in [-0.39, 0.29) is 5.78 Å². The van der Waals surface area contributed by atoms with Crippen molar-refractivity contribution in [3.05, 3.63) is 29.8 Å². The van der Waals surface area contributed by atoms with E-state index in [1.54, 1.807) is 11.9 Å². The number of benzene rings is 1. The molecule has 0 amide bonds. The summed E-state index contributed by atoms with van der Waals surface area (Å²) >= 11 is 7.26. The van der Waals surface area contributed by atoms with Crippen LogP contribution in [0, 0.1) is 0 Å². The summed E-state index contributed by atoms with van der Waals surface area (Å²) in [5, 5.41) is 0. The minimum absolute atomic E-state index is 0.185. The Labute approximate surface area is 92.4 Å². The van der Waals surface area contributed by atoms with Gasteiger partial charge in [-0.3, -0.25) is 4.79 Å². The van der Waals surface area contributed by atoms with Gasteiger partial charge >= 0.3 is 0 Å². The van der Waals surface area contributed by atoms with Crippen molar-refractivity contribution in [2.24, 2.45) is 0 Å². The SMILES string of the molecule is O=C1CN(CCCl)Sc2ccccc21. The lowest BCUT2D eigenvalue weighted by Gasteiger charge is -2.25. The predicted octanol–water partition coefficient (Wildman–Crippen LogP) is 2.43. The fraction of sp³-hybridized carbons (Fsp3) is 0.300. The number of rotatable bonds is 2. The average molecular weight is 228 g/mol. The highest BCUT2D eigenvalue weighted by Crippen LogP contribution is 2.30. The van der Waals surface area contributed by atoms with E-state index in [1.807, 2.05) is 28.6 Å². The number of carbonyl (C=O) groups excluding carboxylic acids is 1. The molecule has 1 aliphatic rings. The molecule has 2 nitrogen and oxygen atoms in total. The number of ketones is 1. The van der Waals surface area contributed by atoms with Crippen LogP contribution >= 0.6 is 23.5 Å². The zero-order valence-electron chi connectivity index (χ0n) is 7.57. The van der Waals surface area contributed by atoms with E-state index < -0.39 is 0 Å². The molecule has 4 heteroatoms. The monoisotopic (exact) mass is 227 g/mol. The summed E-state index contributed by atoms with van der Waals surface area (Å²) in [5.74, 6) is 0.743. The van der Waals surface area contributed by atoms with Crippen molar-refractivity contribution in [1.29, 1.82) is 0 Å². The molecule has 14 heavy (non-hydrogen) atoms. The van der Waals surface area contributed by atoms with Gasteiger partial charge in [-0.25, -0.2) is 4.31 Å². The van der Waals surface area contributed by atoms with Gasteiger partial charge < -0.3 is 0 Å². The van der Waals surface area contributed by atoms with Crippen molar-refractivity contribution in [3.8, 4) is 0 Å². The van der Waals surface area contributed by atoms with Gasteiger partial charge in [-0.1, -0.05) is 18.2 Å². The molecule has 0 saturated carbocycles. The number of fused-ring (bicyclic) bond motifs is 1. The second kappa shape index (κ2) is 4.34. The summed E-state index contributed by atoms with van der Waals surface area (Å²) in [5.41, 5.74) is 0.836. The maximum absolute atomic E-state index is 11.7. The Morgan fingerprint density at radius 3 is 3.00 bits per heavy atom. The summed E-state index contributed by atoms with van der Waals surface area (Å²) in [7, 11) is 0. The first-order valence-electron chi connectivity index (χ1n) is 4.42. The van der Waals surface area contributed by atoms with Crippen molar-refractivity contribution in [2.75, 3.05) is 19.0 Å². The lowest BCUT2D eigenvalue weighted by Crippen LogP contribution is -2.29. The summed E-state index contributed by atoms with van der Waals surface area (Å²) in [4.78, 5) is 12.7. The normalized spacial score (nSPS) is 16.8. The standard InChI is InChI=1S/C10H10ClNOS/c11-5-6-12-7-9(13)8-3-1-2-4-10(8)14-12/h1-4H,5-7H2. The van der Waals surface area contributed by atoms with E-state index in [0.717, 1.165) is 17.0 Å². The van der Waals surface area contributed by atoms with E-state index in [2.05, 4.69) is 0 Å². The summed E-state index contributed by atoms with van der Waals surface area (Å²) < 4.78 is 2.00. The Balaban J connectivity index is 2.24. The molecule has 0 bridgehead atoms. The second-order valence-corrected chi connectivity index (χ2v) is 4.58. The zero-order chi connectivity index (χ0) is 9.97. The van der Waals surface area contributed by atoms with Crippen LogP contribution in [0.4, 0.5) is 0 Å². The fourth-order valence-electron chi connectivity index (χ4n) is 1.41. The maximum atomic E-state index is 11.7. The molecule has 0 spiro atoms. The lowest BCUT2D eigenvalue weighted by atomic mass is 10.1. The molecule has 1 aliphatic heterocycles. The van der Waals surface area contributed by atoms with Gasteiger partial charge in [0.05, 0.1) is 6.54 Å². The van der Waals surface area contributed by atoms with Crippen LogP contribution in [0.5, 0.6) is 0 Å². The largest absolute Gasteiger partial charge is 0.293 e. The molecule has 0 saturated heterocycles. The van der Waals surface area contributed by atoms with Crippen LogP contribution in [0.2, 0.25) is 0 Å². The molecule has 0 aliphatic carbocycles. The lowest BCUT2D eigenvalue weighted by molar-refractivity contribution is 0.0964. The molecule has 0 N–H and O–H groups in total. The molecular weight excluding hydrogens is 218 g/mol. The van der Waals surface area contributed by atoms with Gasteiger partial charge in [0.2, 0.25) is 0 Å². The first-order valence-corrected chi connectivity index (χ1v) is 5.73. The molecule has 0 unspecified atom stereocenters. The summed E-state index contributed by atoms with van der Waals surface area (Å²) in [6.07, 6.45) is 0. The third-order valence-electron chi connectivity index (χ3n) is 2.07. The molecule has 1 aromatic carbocycles. The van der Waals surface area contributed by atoms with Crippen LogP contribution in [-0.4, -0.2) is 29.1 Å². The number of nitrogens with zero attached hydrogens (tertiary/aromatic N) is 1. The van der Waals surface area contributed by atoms with Crippen LogP contribution in [0.1, 0.15) is 10.4 Å². The molecule has 1 aromatic rings. The number of hydrogen-bond donors (Lipinski definition) is 0. The predicted molar refractivity (Wildman–Crippen MR) is 58.9 cm³/mol. The average Bonchev–Trinajstić information content (AvgIpc) is 2.18. The van der Waals surface area contributed by atoms with Crippen LogP contribution < -0.4 is 0 Å². The highest BCUT2D eigenvalue weighted by molar-refractivity contribution is 7.97. The molecule has 1 heterocycles. The molecule has 0 radical (unpaired) electrons. The Kier molecular flexibility index (Phi) is 3.11. The molecule has 0 atom stereocenters. The minimum Gasteiger partial charge on any atom is -0.293 e. The van der Waals surface area contributed by atoms with E-state index in [0.29, 0.717) is 12.4 Å². The smallest absolute Gasteiger partial charge is 0.178 e. The number of halogens is 1. The van der Waals surface area contributed by atoms with Crippen LogP contribution in [-0.2, 0) is 0 Å².